The van der Waals surface area contributed by atoms with E-state index in [9.17, 15) is 14.7 Å². The third-order valence-electron chi connectivity index (χ3n) is 7.75. The third-order valence-corrected chi connectivity index (χ3v) is 7.75. The fourth-order valence-electron chi connectivity index (χ4n) is 5.55. The third kappa shape index (κ3) is 7.63. The molecule has 3 aromatic carbocycles. The molecule has 0 heterocycles. The molecule has 1 N–H and O–H groups in total. The molecule has 0 aromatic heterocycles. The molecule has 0 saturated heterocycles. The van der Waals surface area contributed by atoms with Crippen LogP contribution >= 0.6 is 0 Å². The number of carbonyl (C=O) groups is 2. The standard InChI is InChI=1S/C37H42O6/c1-36(2,3)29-22-25(23-30(33(29)38)37(4,5)6)31(24-15-14-20-28(21-24)41-7)32(34(39)42-26-16-10-8-11-17-26)35(40)43-27-18-12-9-13-19-27/h8-23,25,31-33,38H,1-7H3/t25?,31-,33?/m1/s1. The second-order valence-electron chi connectivity index (χ2n) is 13.0. The fraction of sp³-hybridized carbons (Fsp3) is 0.351. The van der Waals surface area contributed by atoms with Gasteiger partial charge < -0.3 is 19.3 Å². The molecule has 1 aliphatic rings. The van der Waals surface area contributed by atoms with Crippen LogP contribution in [0.15, 0.2) is 108 Å². The first-order valence-corrected chi connectivity index (χ1v) is 14.6. The Hall–Kier alpha value is -4.16. The number of hydrogen-bond acceptors (Lipinski definition) is 6. The number of para-hydroxylation sites is 2. The van der Waals surface area contributed by atoms with E-state index in [4.69, 9.17) is 14.2 Å². The highest BCUT2D eigenvalue weighted by Gasteiger charge is 2.45. The minimum absolute atomic E-state index is 0.324. The Kier molecular flexibility index (Phi) is 9.61. The van der Waals surface area contributed by atoms with Crippen molar-refractivity contribution in [3.8, 4) is 17.2 Å². The lowest BCUT2D eigenvalue weighted by molar-refractivity contribution is -0.152. The molecule has 3 aromatic rings. The number of aliphatic hydroxyl groups is 1. The first kappa shape index (κ1) is 31.8. The highest BCUT2D eigenvalue weighted by atomic mass is 16.6. The van der Waals surface area contributed by atoms with Gasteiger partial charge in [0.2, 0.25) is 0 Å². The van der Waals surface area contributed by atoms with E-state index in [2.05, 4.69) is 41.5 Å². The SMILES string of the molecule is COc1cccc([C@H](C2C=C(C(C)(C)C)C(O)C(C(C)(C)C)=C2)C(C(=O)Oc2ccccc2)C(=O)Oc2ccccc2)c1. The van der Waals surface area contributed by atoms with Gasteiger partial charge in [0.05, 0.1) is 13.2 Å². The molecule has 0 bridgehead atoms. The van der Waals surface area contributed by atoms with E-state index >= 15 is 0 Å². The van der Waals surface area contributed by atoms with E-state index in [1.165, 1.54) is 0 Å². The topological polar surface area (TPSA) is 82.1 Å². The maximum absolute atomic E-state index is 14.1. The number of rotatable bonds is 8. The molecule has 0 unspecified atom stereocenters. The zero-order valence-electron chi connectivity index (χ0n) is 26.0. The second kappa shape index (κ2) is 13.0. The van der Waals surface area contributed by atoms with Crippen LogP contribution in [0.1, 0.15) is 53.0 Å². The van der Waals surface area contributed by atoms with E-state index in [1.807, 2.05) is 48.6 Å². The molecule has 6 nitrogen and oxygen atoms in total. The maximum Gasteiger partial charge on any atom is 0.326 e. The maximum atomic E-state index is 14.1. The zero-order valence-corrected chi connectivity index (χ0v) is 26.0. The van der Waals surface area contributed by atoms with Crippen molar-refractivity contribution in [2.24, 2.45) is 22.7 Å². The number of allylic oxidation sites excluding steroid dienone is 2. The van der Waals surface area contributed by atoms with Crippen molar-refractivity contribution in [2.75, 3.05) is 7.11 Å². The normalized spacial score (nSPS) is 17.9. The van der Waals surface area contributed by atoms with Crippen LogP contribution in [0.3, 0.4) is 0 Å². The Morgan fingerprint density at radius 1 is 0.674 bits per heavy atom. The van der Waals surface area contributed by atoms with Gasteiger partial charge in [-0.25, -0.2) is 0 Å². The minimum Gasteiger partial charge on any atom is -0.497 e. The Morgan fingerprint density at radius 2 is 1.12 bits per heavy atom. The molecular formula is C37H42O6. The van der Waals surface area contributed by atoms with Crippen molar-refractivity contribution in [3.05, 3.63) is 114 Å². The summed E-state index contributed by atoms with van der Waals surface area (Å²) in [5.41, 5.74) is 1.58. The fourth-order valence-corrected chi connectivity index (χ4v) is 5.55. The average molecular weight is 583 g/mol. The molecule has 0 amide bonds. The Morgan fingerprint density at radius 3 is 1.53 bits per heavy atom. The van der Waals surface area contributed by atoms with Gasteiger partial charge in [0.25, 0.3) is 0 Å². The van der Waals surface area contributed by atoms with Crippen LogP contribution in [-0.2, 0) is 9.59 Å². The monoisotopic (exact) mass is 582 g/mol. The summed E-state index contributed by atoms with van der Waals surface area (Å²) >= 11 is 0. The molecule has 1 aliphatic carbocycles. The van der Waals surface area contributed by atoms with Gasteiger partial charge in [-0.05, 0) is 63.9 Å². The number of carbonyl (C=O) groups excluding carboxylic acids is 2. The van der Waals surface area contributed by atoms with Crippen LogP contribution in [-0.4, -0.2) is 30.3 Å². The van der Waals surface area contributed by atoms with Crippen LogP contribution in [0, 0.1) is 22.7 Å². The van der Waals surface area contributed by atoms with Gasteiger partial charge in [0.1, 0.15) is 17.2 Å². The van der Waals surface area contributed by atoms with Crippen molar-refractivity contribution in [1.29, 1.82) is 0 Å². The number of aliphatic hydroxyl groups excluding tert-OH is 1. The summed E-state index contributed by atoms with van der Waals surface area (Å²) < 4.78 is 17.2. The van der Waals surface area contributed by atoms with Crippen LogP contribution in [0.2, 0.25) is 0 Å². The number of ether oxygens (including phenoxy) is 3. The smallest absolute Gasteiger partial charge is 0.326 e. The molecule has 0 saturated carbocycles. The molecule has 0 spiro atoms. The Labute approximate surface area is 255 Å². The van der Waals surface area contributed by atoms with Gasteiger partial charge in [-0.1, -0.05) is 102 Å². The summed E-state index contributed by atoms with van der Waals surface area (Å²) in [6, 6.07) is 24.7. The number of benzene rings is 3. The summed E-state index contributed by atoms with van der Waals surface area (Å²) in [5.74, 6) is -2.80. The van der Waals surface area contributed by atoms with E-state index in [1.54, 1.807) is 55.6 Å². The number of esters is 2. The average Bonchev–Trinajstić information content (AvgIpc) is 2.96. The van der Waals surface area contributed by atoms with E-state index in [0.29, 0.717) is 22.8 Å². The lowest BCUT2D eigenvalue weighted by atomic mass is 9.65. The highest BCUT2D eigenvalue weighted by Crippen LogP contribution is 2.47. The van der Waals surface area contributed by atoms with E-state index in [-0.39, 0.29) is 10.8 Å². The summed E-state index contributed by atoms with van der Waals surface area (Å²) in [7, 11) is 1.57. The van der Waals surface area contributed by atoms with Crippen molar-refractivity contribution < 1.29 is 28.9 Å². The molecule has 43 heavy (non-hydrogen) atoms. The van der Waals surface area contributed by atoms with Crippen molar-refractivity contribution in [2.45, 2.75) is 53.6 Å². The van der Waals surface area contributed by atoms with Gasteiger partial charge in [-0.2, -0.15) is 0 Å². The molecule has 0 fully saturated rings. The number of hydrogen-bond donors (Lipinski definition) is 1. The van der Waals surface area contributed by atoms with Crippen LogP contribution in [0.4, 0.5) is 0 Å². The molecule has 6 heteroatoms. The Balaban J connectivity index is 1.94. The van der Waals surface area contributed by atoms with Crippen LogP contribution in [0.25, 0.3) is 0 Å². The van der Waals surface area contributed by atoms with E-state index < -0.39 is 35.8 Å². The molecule has 226 valence electrons. The second-order valence-corrected chi connectivity index (χ2v) is 13.0. The van der Waals surface area contributed by atoms with Crippen molar-refractivity contribution in [3.63, 3.8) is 0 Å². The highest BCUT2D eigenvalue weighted by molar-refractivity contribution is 5.98. The molecular weight excluding hydrogens is 540 g/mol. The van der Waals surface area contributed by atoms with Gasteiger partial charge >= 0.3 is 11.9 Å². The first-order chi connectivity index (χ1) is 20.3. The molecule has 1 atom stereocenters. The summed E-state index contributed by atoms with van der Waals surface area (Å²) in [6.45, 7) is 12.3. The lowest BCUT2D eigenvalue weighted by Crippen LogP contribution is -2.41. The first-order valence-electron chi connectivity index (χ1n) is 14.6. The molecule has 0 aliphatic heterocycles. The molecule has 4 rings (SSSR count). The minimum atomic E-state index is -1.36. The quantitative estimate of drug-likeness (QED) is 0.128. The summed E-state index contributed by atoms with van der Waals surface area (Å²) in [5, 5.41) is 11.6. The van der Waals surface area contributed by atoms with Crippen LogP contribution < -0.4 is 14.2 Å². The van der Waals surface area contributed by atoms with Crippen molar-refractivity contribution in [1.82, 2.24) is 0 Å². The predicted octanol–water partition coefficient (Wildman–Crippen LogP) is 7.54. The van der Waals surface area contributed by atoms with Gasteiger partial charge in [-0.15, -0.1) is 0 Å². The van der Waals surface area contributed by atoms with E-state index in [0.717, 1.165) is 11.1 Å². The van der Waals surface area contributed by atoms with Gasteiger partial charge in [-0.3, -0.25) is 9.59 Å². The number of methoxy groups -OCH3 is 1. The summed E-state index contributed by atoms with van der Waals surface area (Å²) in [6.07, 6.45) is 3.21. The Bertz CT molecular complexity index is 1390. The lowest BCUT2D eigenvalue weighted by Gasteiger charge is -2.41. The van der Waals surface area contributed by atoms with Gasteiger partial charge in [0.15, 0.2) is 5.92 Å². The van der Waals surface area contributed by atoms with Gasteiger partial charge in [0, 0.05) is 11.8 Å². The largest absolute Gasteiger partial charge is 0.497 e. The van der Waals surface area contributed by atoms with Crippen LogP contribution in [0.5, 0.6) is 17.2 Å². The van der Waals surface area contributed by atoms with Crippen molar-refractivity contribution >= 4 is 11.9 Å². The predicted molar refractivity (Wildman–Crippen MR) is 168 cm³/mol. The summed E-state index contributed by atoms with van der Waals surface area (Å²) in [4.78, 5) is 28.3. The zero-order chi connectivity index (χ0) is 31.4. The molecule has 0 radical (unpaired) electrons.